The lowest BCUT2D eigenvalue weighted by Crippen LogP contribution is -2.33. The predicted molar refractivity (Wildman–Crippen MR) is 40.0 cm³/mol. The van der Waals surface area contributed by atoms with E-state index in [1.807, 2.05) is 0 Å². The van der Waals surface area contributed by atoms with Crippen LogP contribution in [-0.4, -0.2) is 29.5 Å². The summed E-state index contributed by atoms with van der Waals surface area (Å²) >= 11 is 5.35. The normalized spacial score (nSPS) is 12.7. The predicted octanol–water partition coefficient (Wildman–Crippen LogP) is 0.112. The zero-order valence-electron chi connectivity index (χ0n) is 5.93. The lowest BCUT2D eigenvalue weighted by Gasteiger charge is -2.04. The van der Waals surface area contributed by atoms with E-state index >= 15 is 0 Å². The van der Waals surface area contributed by atoms with Crippen LogP contribution in [0.2, 0.25) is 0 Å². The molecule has 0 saturated heterocycles. The first-order valence-electron chi connectivity index (χ1n) is 3.20. The fraction of sp³-hybridized carbons (Fsp3) is 0.833. The number of hydrogen-bond donors (Lipinski definition) is 2. The zero-order chi connectivity index (χ0) is 7.98. The number of aliphatic hydroxyl groups is 1. The van der Waals surface area contributed by atoms with Crippen molar-refractivity contribution in [3.63, 3.8) is 0 Å². The molecule has 3 nitrogen and oxygen atoms in total. The van der Waals surface area contributed by atoms with Crippen molar-refractivity contribution in [1.82, 2.24) is 5.32 Å². The Morgan fingerprint density at radius 2 is 2.40 bits per heavy atom. The molecule has 1 unspecified atom stereocenters. The highest BCUT2D eigenvalue weighted by molar-refractivity contribution is 6.17. The summed E-state index contributed by atoms with van der Waals surface area (Å²) in [4.78, 5) is 10.6. The van der Waals surface area contributed by atoms with Crippen LogP contribution in [-0.2, 0) is 4.79 Å². The number of halogens is 1. The molecule has 1 atom stereocenters. The molecule has 0 saturated carbocycles. The van der Waals surface area contributed by atoms with Gasteiger partial charge in [0.1, 0.15) is 6.10 Å². The largest absolute Gasteiger partial charge is 0.384 e. The van der Waals surface area contributed by atoms with Crippen LogP contribution in [0.25, 0.3) is 0 Å². The maximum atomic E-state index is 10.6. The SMILES string of the molecule is CC(O)C(=O)NCCCCl. The van der Waals surface area contributed by atoms with Crippen LogP contribution >= 0.6 is 11.6 Å². The standard InChI is InChI=1S/C6H12ClNO2/c1-5(9)6(10)8-4-2-3-7/h5,9H,2-4H2,1H3,(H,8,10). The van der Waals surface area contributed by atoms with E-state index in [0.29, 0.717) is 12.4 Å². The topological polar surface area (TPSA) is 49.3 Å². The fourth-order valence-electron chi connectivity index (χ4n) is 0.426. The van der Waals surface area contributed by atoms with Crippen molar-refractivity contribution in [1.29, 1.82) is 0 Å². The third-order valence-corrected chi connectivity index (χ3v) is 1.26. The Morgan fingerprint density at radius 1 is 1.80 bits per heavy atom. The molecule has 0 bridgehead atoms. The molecule has 0 aromatic heterocycles. The molecule has 2 N–H and O–H groups in total. The molecule has 0 spiro atoms. The molecule has 0 rings (SSSR count). The molecule has 1 amide bonds. The number of alkyl halides is 1. The van der Waals surface area contributed by atoms with E-state index in [4.69, 9.17) is 16.7 Å². The van der Waals surface area contributed by atoms with E-state index in [9.17, 15) is 4.79 Å². The molecule has 0 aliphatic carbocycles. The van der Waals surface area contributed by atoms with E-state index in [0.717, 1.165) is 6.42 Å². The van der Waals surface area contributed by atoms with E-state index in [1.165, 1.54) is 6.92 Å². The number of nitrogens with one attached hydrogen (secondary N) is 1. The van der Waals surface area contributed by atoms with Crippen LogP contribution in [0.4, 0.5) is 0 Å². The number of aliphatic hydroxyl groups excluding tert-OH is 1. The van der Waals surface area contributed by atoms with Crippen molar-refractivity contribution in [2.75, 3.05) is 12.4 Å². The second-order valence-corrected chi connectivity index (χ2v) is 2.39. The van der Waals surface area contributed by atoms with Crippen LogP contribution in [0.1, 0.15) is 13.3 Å². The van der Waals surface area contributed by atoms with E-state index in [1.54, 1.807) is 0 Å². The van der Waals surface area contributed by atoms with Gasteiger partial charge in [-0.3, -0.25) is 4.79 Å². The van der Waals surface area contributed by atoms with Crippen LogP contribution in [0.15, 0.2) is 0 Å². The molecule has 0 fully saturated rings. The van der Waals surface area contributed by atoms with E-state index < -0.39 is 6.10 Å². The summed E-state index contributed by atoms with van der Waals surface area (Å²) in [5, 5.41) is 11.2. The summed E-state index contributed by atoms with van der Waals surface area (Å²) in [6, 6.07) is 0. The Hall–Kier alpha value is -0.280. The lowest BCUT2D eigenvalue weighted by molar-refractivity contribution is -0.128. The van der Waals surface area contributed by atoms with Gasteiger partial charge in [-0.15, -0.1) is 11.6 Å². The molecule has 0 heterocycles. The number of carbonyl (C=O) groups is 1. The summed E-state index contributed by atoms with van der Waals surface area (Å²) in [5.41, 5.74) is 0. The Balaban J connectivity index is 3.22. The van der Waals surface area contributed by atoms with E-state index in [-0.39, 0.29) is 5.91 Å². The van der Waals surface area contributed by atoms with Crippen molar-refractivity contribution in [3.05, 3.63) is 0 Å². The summed E-state index contributed by atoms with van der Waals surface area (Å²) in [5.74, 6) is 0.185. The first kappa shape index (κ1) is 9.72. The molecule has 0 aromatic rings. The van der Waals surface area contributed by atoms with Gasteiger partial charge in [-0.25, -0.2) is 0 Å². The summed E-state index contributed by atoms with van der Waals surface area (Å²) < 4.78 is 0. The minimum atomic E-state index is -0.921. The van der Waals surface area contributed by atoms with Gasteiger partial charge in [-0.05, 0) is 13.3 Å². The molecular weight excluding hydrogens is 154 g/mol. The van der Waals surface area contributed by atoms with Gasteiger partial charge in [-0.2, -0.15) is 0 Å². The summed E-state index contributed by atoms with van der Waals surface area (Å²) in [6.07, 6.45) is -0.185. The number of carbonyl (C=O) groups excluding carboxylic acids is 1. The molecule has 60 valence electrons. The van der Waals surface area contributed by atoms with Gasteiger partial charge in [0.25, 0.3) is 0 Å². The van der Waals surface area contributed by atoms with Crippen molar-refractivity contribution >= 4 is 17.5 Å². The van der Waals surface area contributed by atoms with Crippen LogP contribution in [0.5, 0.6) is 0 Å². The molecular formula is C6H12ClNO2. The van der Waals surface area contributed by atoms with Crippen molar-refractivity contribution in [3.8, 4) is 0 Å². The Labute approximate surface area is 65.4 Å². The quantitative estimate of drug-likeness (QED) is 0.459. The second-order valence-electron chi connectivity index (χ2n) is 2.01. The highest BCUT2D eigenvalue weighted by Gasteiger charge is 2.05. The van der Waals surface area contributed by atoms with Crippen molar-refractivity contribution in [2.45, 2.75) is 19.4 Å². The van der Waals surface area contributed by atoms with Crippen molar-refractivity contribution in [2.24, 2.45) is 0 Å². The number of amides is 1. The van der Waals surface area contributed by atoms with Crippen LogP contribution in [0.3, 0.4) is 0 Å². The smallest absolute Gasteiger partial charge is 0.248 e. The average Bonchev–Trinajstić information content (AvgIpc) is 1.88. The minimum absolute atomic E-state index is 0.342. The highest BCUT2D eigenvalue weighted by atomic mass is 35.5. The van der Waals surface area contributed by atoms with Gasteiger partial charge in [0.2, 0.25) is 5.91 Å². The molecule has 4 heteroatoms. The van der Waals surface area contributed by atoms with Gasteiger partial charge in [0.15, 0.2) is 0 Å². The second kappa shape index (κ2) is 5.50. The molecule has 10 heavy (non-hydrogen) atoms. The maximum Gasteiger partial charge on any atom is 0.248 e. The maximum absolute atomic E-state index is 10.6. The van der Waals surface area contributed by atoms with Crippen LogP contribution < -0.4 is 5.32 Å². The van der Waals surface area contributed by atoms with Gasteiger partial charge in [0, 0.05) is 12.4 Å². The molecule has 0 aromatic carbocycles. The molecule has 0 aliphatic rings. The fourth-order valence-corrected chi connectivity index (χ4v) is 0.560. The van der Waals surface area contributed by atoms with Crippen LogP contribution in [0, 0.1) is 0 Å². The Morgan fingerprint density at radius 3 is 2.80 bits per heavy atom. The molecule has 0 radical (unpaired) electrons. The third-order valence-electron chi connectivity index (χ3n) is 0.989. The Kier molecular flexibility index (Phi) is 5.35. The highest BCUT2D eigenvalue weighted by Crippen LogP contribution is 1.83. The minimum Gasteiger partial charge on any atom is -0.384 e. The Bertz CT molecular complexity index is 106. The lowest BCUT2D eigenvalue weighted by atomic mass is 10.3. The van der Waals surface area contributed by atoms with Gasteiger partial charge in [0.05, 0.1) is 0 Å². The van der Waals surface area contributed by atoms with Gasteiger partial charge in [-0.1, -0.05) is 0 Å². The number of rotatable bonds is 4. The first-order valence-corrected chi connectivity index (χ1v) is 3.73. The van der Waals surface area contributed by atoms with E-state index in [2.05, 4.69) is 5.32 Å². The summed E-state index contributed by atoms with van der Waals surface area (Å²) in [6.45, 7) is 1.96. The van der Waals surface area contributed by atoms with Gasteiger partial charge < -0.3 is 10.4 Å². The third kappa shape index (κ3) is 4.58. The first-order chi connectivity index (χ1) is 4.68. The molecule has 0 aliphatic heterocycles. The van der Waals surface area contributed by atoms with Crippen molar-refractivity contribution < 1.29 is 9.90 Å². The van der Waals surface area contributed by atoms with Gasteiger partial charge >= 0.3 is 0 Å². The average molecular weight is 166 g/mol. The number of hydrogen-bond acceptors (Lipinski definition) is 2. The monoisotopic (exact) mass is 165 g/mol. The summed E-state index contributed by atoms with van der Waals surface area (Å²) in [7, 11) is 0. The zero-order valence-corrected chi connectivity index (χ0v) is 6.69.